The van der Waals surface area contributed by atoms with Gasteiger partial charge < -0.3 is 5.32 Å². The highest BCUT2D eigenvalue weighted by atomic mass is 35.5. The van der Waals surface area contributed by atoms with Gasteiger partial charge in [0.05, 0.1) is 0 Å². The Balaban J connectivity index is 2.70. The van der Waals surface area contributed by atoms with Crippen LogP contribution in [0.25, 0.3) is 16.7 Å². The molecule has 2 nitrogen and oxygen atoms in total. The van der Waals surface area contributed by atoms with E-state index >= 15 is 0 Å². The molecule has 0 unspecified atom stereocenters. The fourth-order valence-electron chi connectivity index (χ4n) is 2.62. The smallest absolute Gasteiger partial charge is 0.246 e. The summed E-state index contributed by atoms with van der Waals surface area (Å²) >= 11 is 5.78. The number of amides is 1. The van der Waals surface area contributed by atoms with Gasteiger partial charge in [0.2, 0.25) is 5.91 Å². The molecule has 0 radical (unpaired) electrons. The molecule has 2 aromatic rings. The lowest BCUT2D eigenvalue weighted by molar-refractivity contribution is -0.116. The SMILES string of the molecule is CNC(=O)/C(C)=C(\C)c1cc(F)cc(-c2ccc(Cl)cc2F)c1C. The van der Waals surface area contributed by atoms with Gasteiger partial charge in [-0.3, -0.25) is 4.79 Å². The van der Waals surface area contributed by atoms with Crippen LogP contribution in [-0.2, 0) is 4.79 Å². The highest BCUT2D eigenvalue weighted by Gasteiger charge is 2.16. The fraction of sp³-hybridized carbons (Fsp3) is 0.211. The number of likely N-dealkylation sites (N-methyl/N-ethyl adjacent to an activating group) is 1. The largest absolute Gasteiger partial charge is 0.355 e. The molecule has 126 valence electrons. The first-order valence-corrected chi connectivity index (χ1v) is 7.79. The first-order valence-electron chi connectivity index (χ1n) is 7.41. The van der Waals surface area contributed by atoms with E-state index in [1.165, 1.54) is 31.3 Å². The molecule has 0 fully saturated rings. The van der Waals surface area contributed by atoms with E-state index < -0.39 is 11.6 Å². The molecular formula is C19H18ClF2NO. The van der Waals surface area contributed by atoms with Gasteiger partial charge in [0.1, 0.15) is 11.6 Å². The van der Waals surface area contributed by atoms with Crippen molar-refractivity contribution >= 4 is 23.1 Å². The van der Waals surface area contributed by atoms with Crippen LogP contribution in [-0.4, -0.2) is 13.0 Å². The molecule has 0 saturated heterocycles. The number of hydrogen-bond donors (Lipinski definition) is 1. The van der Waals surface area contributed by atoms with E-state index in [9.17, 15) is 13.6 Å². The van der Waals surface area contributed by atoms with Crippen molar-refractivity contribution in [3.05, 3.63) is 63.7 Å². The third-order valence-electron chi connectivity index (χ3n) is 4.13. The van der Waals surface area contributed by atoms with Crippen LogP contribution in [0.3, 0.4) is 0 Å². The predicted molar refractivity (Wildman–Crippen MR) is 93.9 cm³/mol. The quantitative estimate of drug-likeness (QED) is 0.764. The number of carbonyl (C=O) groups excluding carboxylic acids is 1. The monoisotopic (exact) mass is 349 g/mol. The minimum absolute atomic E-state index is 0.240. The van der Waals surface area contributed by atoms with E-state index in [-0.39, 0.29) is 16.5 Å². The molecule has 24 heavy (non-hydrogen) atoms. The highest BCUT2D eigenvalue weighted by molar-refractivity contribution is 6.30. The Morgan fingerprint density at radius 2 is 1.75 bits per heavy atom. The molecule has 1 N–H and O–H groups in total. The van der Waals surface area contributed by atoms with Gasteiger partial charge in [-0.15, -0.1) is 0 Å². The maximum Gasteiger partial charge on any atom is 0.246 e. The van der Waals surface area contributed by atoms with Gasteiger partial charge >= 0.3 is 0 Å². The second-order valence-electron chi connectivity index (χ2n) is 5.58. The number of allylic oxidation sites excluding steroid dienone is 1. The van der Waals surface area contributed by atoms with E-state index in [0.717, 1.165) is 0 Å². The van der Waals surface area contributed by atoms with Crippen LogP contribution in [0.5, 0.6) is 0 Å². The molecule has 0 bridgehead atoms. The summed E-state index contributed by atoms with van der Waals surface area (Å²) in [7, 11) is 1.53. The number of benzene rings is 2. The number of hydrogen-bond acceptors (Lipinski definition) is 1. The van der Waals surface area contributed by atoms with Crippen LogP contribution in [0.2, 0.25) is 5.02 Å². The molecule has 2 rings (SSSR count). The lowest BCUT2D eigenvalue weighted by Gasteiger charge is -2.15. The number of halogens is 3. The Bertz CT molecular complexity index is 844. The standard InChI is InChI=1S/C19H18ClF2NO/c1-10(11(2)19(24)23-4)16-8-14(21)9-17(12(16)3)15-6-5-13(20)7-18(15)22/h5-9H,1-4H3,(H,23,24)/b11-10+. The van der Waals surface area contributed by atoms with E-state index in [0.29, 0.717) is 27.8 Å². The summed E-state index contributed by atoms with van der Waals surface area (Å²) in [6.07, 6.45) is 0. The highest BCUT2D eigenvalue weighted by Crippen LogP contribution is 2.34. The first-order chi connectivity index (χ1) is 11.3. The second kappa shape index (κ2) is 7.14. The zero-order valence-electron chi connectivity index (χ0n) is 13.9. The number of carbonyl (C=O) groups is 1. The van der Waals surface area contributed by atoms with Crippen LogP contribution in [0.15, 0.2) is 35.9 Å². The van der Waals surface area contributed by atoms with Crippen molar-refractivity contribution in [1.29, 1.82) is 0 Å². The summed E-state index contributed by atoms with van der Waals surface area (Å²) in [6, 6.07) is 6.91. The van der Waals surface area contributed by atoms with Gasteiger partial charge in [0.25, 0.3) is 0 Å². The minimum Gasteiger partial charge on any atom is -0.355 e. The maximum atomic E-state index is 14.2. The topological polar surface area (TPSA) is 29.1 Å². The van der Waals surface area contributed by atoms with E-state index in [4.69, 9.17) is 11.6 Å². The zero-order chi connectivity index (χ0) is 18.0. The normalized spacial score (nSPS) is 12.0. The molecule has 0 saturated carbocycles. The van der Waals surface area contributed by atoms with Gasteiger partial charge in [-0.1, -0.05) is 11.6 Å². The molecule has 0 aromatic heterocycles. The molecule has 2 aromatic carbocycles. The molecule has 0 aliphatic carbocycles. The van der Waals surface area contributed by atoms with Crippen LogP contribution in [0, 0.1) is 18.6 Å². The zero-order valence-corrected chi connectivity index (χ0v) is 14.7. The summed E-state index contributed by atoms with van der Waals surface area (Å²) < 4.78 is 28.4. The van der Waals surface area contributed by atoms with Gasteiger partial charge in [-0.2, -0.15) is 0 Å². The van der Waals surface area contributed by atoms with Crippen molar-refractivity contribution in [2.45, 2.75) is 20.8 Å². The molecule has 0 aliphatic rings. The van der Waals surface area contributed by atoms with Crippen molar-refractivity contribution < 1.29 is 13.6 Å². The average Bonchev–Trinajstić information content (AvgIpc) is 2.55. The molecule has 5 heteroatoms. The summed E-state index contributed by atoms with van der Waals surface area (Å²) in [5.74, 6) is -1.26. The molecular weight excluding hydrogens is 332 g/mol. The van der Waals surface area contributed by atoms with Gasteiger partial charge in [-0.25, -0.2) is 8.78 Å². The summed E-state index contributed by atoms with van der Waals surface area (Å²) in [5.41, 5.74) is 3.08. The Labute approximate surface area is 145 Å². The Morgan fingerprint density at radius 3 is 2.33 bits per heavy atom. The van der Waals surface area contributed by atoms with Crippen molar-refractivity contribution in [3.8, 4) is 11.1 Å². The molecule has 0 heterocycles. The van der Waals surface area contributed by atoms with Gasteiger partial charge in [0, 0.05) is 23.2 Å². The maximum absolute atomic E-state index is 14.2. The lowest BCUT2D eigenvalue weighted by atomic mass is 9.91. The van der Waals surface area contributed by atoms with Crippen molar-refractivity contribution in [2.75, 3.05) is 7.05 Å². The van der Waals surface area contributed by atoms with Crippen LogP contribution in [0.1, 0.15) is 25.0 Å². The number of rotatable bonds is 3. The molecule has 1 amide bonds. The summed E-state index contributed by atoms with van der Waals surface area (Å²) in [5, 5.41) is 2.82. The lowest BCUT2D eigenvalue weighted by Crippen LogP contribution is -2.19. The van der Waals surface area contributed by atoms with Gasteiger partial charge in [-0.05, 0) is 73.4 Å². The van der Waals surface area contributed by atoms with E-state index in [2.05, 4.69) is 5.32 Å². The number of nitrogens with one attached hydrogen (secondary N) is 1. The Kier molecular flexibility index (Phi) is 5.40. The third-order valence-corrected chi connectivity index (χ3v) is 4.36. The van der Waals surface area contributed by atoms with E-state index in [1.807, 2.05) is 0 Å². The molecule has 0 aliphatic heterocycles. The van der Waals surface area contributed by atoms with Crippen LogP contribution >= 0.6 is 11.6 Å². The first kappa shape index (κ1) is 18.1. The average molecular weight is 350 g/mol. The molecule has 0 atom stereocenters. The fourth-order valence-corrected chi connectivity index (χ4v) is 2.77. The Hall–Kier alpha value is -2.20. The van der Waals surface area contributed by atoms with E-state index in [1.54, 1.807) is 26.8 Å². The minimum atomic E-state index is -0.521. The van der Waals surface area contributed by atoms with Crippen molar-refractivity contribution in [1.82, 2.24) is 5.32 Å². The van der Waals surface area contributed by atoms with Crippen LogP contribution < -0.4 is 5.32 Å². The summed E-state index contributed by atoms with van der Waals surface area (Å²) in [6.45, 7) is 5.19. The summed E-state index contributed by atoms with van der Waals surface area (Å²) in [4.78, 5) is 11.8. The Morgan fingerprint density at radius 1 is 1.08 bits per heavy atom. The van der Waals surface area contributed by atoms with Crippen molar-refractivity contribution in [2.24, 2.45) is 0 Å². The second-order valence-corrected chi connectivity index (χ2v) is 6.02. The van der Waals surface area contributed by atoms with Crippen molar-refractivity contribution in [3.63, 3.8) is 0 Å². The predicted octanol–water partition coefficient (Wildman–Crippen LogP) is 5.13. The van der Waals surface area contributed by atoms with Gasteiger partial charge in [0.15, 0.2) is 0 Å². The third kappa shape index (κ3) is 3.49. The van der Waals surface area contributed by atoms with Crippen LogP contribution in [0.4, 0.5) is 8.78 Å². The molecule has 0 spiro atoms.